The molecule has 1 atom stereocenters. The number of carbonyl (C=O) groups is 2. The number of nitrogens with one attached hydrogen (secondary N) is 3. The predicted molar refractivity (Wildman–Crippen MR) is 76.0 cm³/mol. The standard InChI is InChI=1S/C13H22N4O4/c1-13(2,3)21-12(20)17-7-4-14-9(11(18)19)8-10-15-5-6-16-10/h5-6,9,14H,4,7-8H2,1-3H3,(H,15,16)(H,17,20)(H,18,19). The normalized spacial score (nSPS) is 12.7. The van der Waals surface area contributed by atoms with Crippen molar-refractivity contribution in [3.05, 3.63) is 18.2 Å². The van der Waals surface area contributed by atoms with Crippen LogP contribution in [0.25, 0.3) is 0 Å². The van der Waals surface area contributed by atoms with E-state index in [-0.39, 0.29) is 13.0 Å². The summed E-state index contributed by atoms with van der Waals surface area (Å²) in [6, 6.07) is -0.767. The van der Waals surface area contributed by atoms with E-state index in [1.165, 1.54) is 0 Å². The first-order chi connectivity index (χ1) is 9.78. The van der Waals surface area contributed by atoms with Gasteiger partial charge >= 0.3 is 12.1 Å². The maximum absolute atomic E-state index is 11.4. The Morgan fingerprint density at radius 2 is 2.14 bits per heavy atom. The summed E-state index contributed by atoms with van der Waals surface area (Å²) in [6.07, 6.45) is 2.92. The van der Waals surface area contributed by atoms with Crippen LogP contribution in [0.2, 0.25) is 0 Å². The molecule has 8 heteroatoms. The minimum Gasteiger partial charge on any atom is -0.480 e. The van der Waals surface area contributed by atoms with Crippen LogP contribution in [0, 0.1) is 0 Å². The first kappa shape index (κ1) is 17.0. The number of amides is 1. The number of imidazole rings is 1. The van der Waals surface area contributed by atoms with Crippen LogP contribution in [0.5, 0.6) is 0 Å². The second-order valence-corrected chi connectivity index (χ2v) is 5.51. The maximum atomic E-state index is 11.4. The van der Waals surface area contributed by atoms with Gasteiger partial charge in [-0.3, -0.25) is 4.79 Å². The molecule has 21 heavy (non-hydrogen) atoms. The third-order valence-corrected chi connectivity index (χ3v) is 2.43. The van der Waals surface area contributed by atoms with Crippen LogP contribution < -0.4 is 10.6 Å². The van der Waals surface area contributed by atoms with Crippen molar-refractivity contribution in [3.8, 4) is 0 Å². The summed E-state index contributed by atoms with van der Waals surface area (Å²) in [7, 11) is 0. The third kappa shape index (κ3) is 7.31. The molecule has 1 unspecified atom stereocenters. The predicted octanol–water partition coefficient (Wildman–Crippen LogP) is 0.520. The van der Waals surface area contributed by atoms with Gasteiger partial charge in [-0.2, -0.15) is 0 Å². The van der Waals surface area contributed by atoms with Crippen molar-refractivity contribution in [2.45, 2.75) is 38.8 Å². The van der Waals surface area contributed by atoms with Crippen LogP contribution in [-0.2, 0) is 16.0 Å². The lowest BCUT2D eigenvalue weighted by atomic mass is 10.2. The quantitative estimate of drug-likeness (QED) is 0.545. The number of rotatable bonds is 7. The summed E-state index contributed by atoms with van der Waals surface area (Å²) >= 11 is 0. The molecule has 0 aliphatic carbocycles. The lowest BCUT2D eigenvalue weighted by Gasteiger charge is -2.20. The number of hydrogen-bond donors (Lipinski definition) is 4. The van der Waals surface area contributed by atoms with E-state index in [4.69, 9.17) is 9.84 Å². The first-order valence-corrected chi connectivity index (χ1v) is 6.69. The fourth-order valence-electron chi connectivity index (χ4n) is 1.57. The zero-order valence-corrected chi connectivity index (χ0v) is 12.5. The maximum Gasteiger partial charge on any atom is 0.407 e. The van der Waals surface area contributed by atoms with Gasteiger partial charge in [-0.25, -0.2) is 9.78 Å². The average Bonchev–Trinajstić information content (AvgIpc) is 2.83. The van der Waals surface area contributed by atoms with Crippen molar-refractivity contribution >= 4 is 12.1 Å². The molecule has 1 rings (SSSR count). The number of H-pyrrole nitrogens is 1. The van der Waals surface area contributed by atoms with Crippen molar-refractivity contribution < 1.29 is 19.4 Å². The Kier molecular flexibility index (Phi) is 6.16. The molecule has 1 heterocycles. The Labute approximate surface area is 123 Å². The van der Waals surface area contributed by atoms with Crippen molar-refractivity contribution in [2.24, 2.45) is 0 Å². The van der Waals surface area contributed by atoms with Crippen molar-refractivity contribution in [3.63, 3.8) is 0 Å². The van der Waals surface area contributed by atoms with Gasteiger partial charge in [-0.05, 0) is 20.8 Å². The second-order valence-electron chi connectivity index (χ2n) is 5.51. The van der Waals surface area contributed by atoms with Crippen molar-refractivity contribution in [2.75, 3.05) is 13.1 Å². The topological polar surface area (TPSA) is 116 Å². The summed E-state index contributed by atoms with van der Waals surface area (Å²) in [5.41, 5.74) is -0.555. The van der Waals surface area contributed by atoms with E-state index in [1.807, 2.05) is 0 Å². The third-order valence-electron chi connectivity index (χ3n) is 2.43. The van der Waals surface area contributed by atoms with E-state index in [9.17, 15) is 9.59 Å². The van der Waals surface area contributed by atoms with E-state index in [2.05, 4.69) is 20.6 Å². The highest BCUT2D eigenvalue weighted by Crippen LogP contribution is 2.06. The number of aromatic nitrogens is 2. The molecule has 8 nitrogen and oxygen atoms in total. The second kappa shape index (κ2) is 7.63. The van der Waals surface area contributed by atoms with E-state index in [1.54, 1.807) is 33.2 Å². The Morgan fingerprint density at radius 3 is 2.67 bits per heavy atom. The zero-order valence-electron chi connectivity index (χ0n) is 12.5. The average molecular weight is 298 g/mol. The Bertz CT molecular complexity index is 453. The van der Waals surface area contributed by atoms with Crippen LogP contribution in [0.3, 0.4) is 0 Å². The van der Waals surface area contributed by atoms with Gasteiger partial charge in [0.25, 0.3) is 0 Å². The number of alkyl carbamates (subject to hydrolysis) is 1. The molecule has 0 spiro atoms. The molecule has 1 aromatic heterocycles. The number of carboxylic acids is 1. The first-order valence-electron chi connectivity index (χ1n) is 6.69. The number of hydrogen-bond acceptors (Lipinski definition) is 5. The number of aliphatic carboxylic acids is 1. The van der Waals surface area contributed by atoms with Gasteiger partial charge < -0.3 is 25.5 Å². The molecule has 118 valence electrons. The fraction of sp³-hybridized carbons (Fsp3) is 0.615. The van der Waals surface area contributed by atoms with Gasteiger partial charge in [0.1, 0.15) is 17.5 Å². The highest BCUT2D eigenvalue weighted by molar-refractivity contribution is 5.73. The molecule has 1 aromatic rings. The smallest absolute Gasteiger partial charge is 0.407 e. The summed E-state index contributed by atoms with van der Waals surface area (Å²) in [6.45, 7) is 5.91. The monoisotopic (exact) mass is 298 g/mol. The highest BCUT2D eigenvalue weighted by atomic mass is 16.6. The molecular formula is C13H22N4O4. The molecular weight excluding hydrogens is 276 g/mol. The van der Waals surface area contributed by atoms with Gasteiger partial charge in [0, 0.05) is 31.9 Å². The van der Waals surface area contributed by atoms with E-state index < -0.39 is 23.7 Å². The van der Waals surface area contributed by atoms with Gasteiger partial charge in [-0.15, -0.1) is 0 Å². The van der Waals surface area contributed by atoms with E-state index in [0.717, 1.165) is 0 Å². The molecule has 0 saturated carbocycles. The van der Waals surface area contributed by atoms with Crippen LogP contribution in [0.15, 0.2) is 12.4 Å². The fourth-order valence-corrected chi connectivity index (χ4v) is 1.57. The van der Waals surface area contributed by atoms with Crippen molar-refractivity contribution in [1.29, 1.82) is 0 Å². The van der Waals surface area contributed by atoms with Gasteiger partial charge in [0.05, 0.1) is 0 Å². The molecule has 0 aliphatic heterocycles. The lowest BCUT2D eigenvalue weighted by molar-refractivity contribution is -0.139. The summed E-state index contributed by atoms with van der Waals surface area (Å²) in [4.78, 5) is 29.4. The van der Waals surface area contributed by atoms with Crippen LogP contribution in [0.4, 0.5) is 4.79 Å². The minimum atomic E-state index is -0.969. The molecule has 0 bridgehead atoms. The molecule has 0 aliphatic rings. The van der Waals surface area contributed by atoms with Gasteiger partial charge in [0.15, 0.2) is 0 Å². The Morgan fingerprint density at radius 1 is 1.43 bits per heavy atom. The Balaban J connectivity index is 2.28. The van der Waals surface area contributed by atoms with Gasteiger partial charge in [0.2, 0.25) is 0 Å². The summed E-state index contributed by atoms with van der Waals surface area (Å²) in [5.74, 6) is -0.376. The number of carboxylic acid groups (broad SMARTS) is 1. The molecule has 0 fully saturated rings. The summed E-state index contributed by atoms with van der Waals surface area (Å²) in [5, 5.41) is 14.5. The molecule has 0 saturated heterocycles. The SMILES string of the molecule is CC(C)(C)OC(=O)NCCNC(Cc1ncc[nH]1)C(=O)O. The molecule has 0 aromatic carbocycles. The molecule has 4 N–H and O–H groups in total. The number of nitrogens with zero attached hydrogens (tertiary/aromatic N) is 1. The minimum absolute atomic E-state index is 0.245. The molecule has 0 radical (unpaired) electrons. The number of aromatic amines is 1. The molecule has 1 amide bonds. The van der Waals surface area contributed by atoms with E-state index >= 15 is 0 Å². The lowest BCUT2D eigenvalue weighted by Crippen LogP contribution is -2.43. The van der Waals surface area contributed by atoms with E-state index in [0.29, 0.717) is 12.4 Å². The van der Waals surface area contributed by atoms with Gasteiger partial charge in [-0.1, -0.05) is 0 Å². The zero-order chi connectivity index (χ0) is 15.9. The van der Waals surface area contributed by atoms with Crippen molar-refractivity contribution in [1.82, 2.24) is 20.6 Å². The summed E-state index contributed by atoms with van der Waals surface area (Å²) < 4.78 is 5.07. The number of carbonyl (C=O) groups excluding carboxylic acids is 1. The Hall–Kier alpha value is -2.09. The number of ether oxygens (including phenoxy) is 1. The highest BCUT2D eigenvalue weighted by Gasteiger charge is 2.19. The van der Waals surface area contributed by atoms with Crippen LogP contribution >= 0.6 is 0 Å². The van der Waals surface area contributed by atoms with Crippen LogP contribution in [-0.4, -0.2) is 51.9 Å². The largest absolute Gasteiger partial charge is 0.480 e. The van der Waals surface area contributed by atoms with Crippen LogP contribution in [0.1, 0.15) is 26.6 Å².